The summed E-state index contributed by atoms with van der Waals surface area (Å²) >= 11 is 0. The van der Waals surface area contributed by atoms with Crippen LogP contribution in [0.5, 0.6) is 0 Å². The highest BCUT2D eigenvalue weighted by atomic mass is 16.1. The zero-order valence-corrected chi connectivity index (χ0v) is 14.3. The Bertz CT molecular complexity index is 799. The fourth-order valence-corrected chi connectivity index (χ4v) is 2.93. The molecule has 5 nitrogen and oxygen atoms in total. The molecule has 1 atom stereocenters. The van der Waals surface area contributed by atoms with Crippen LogP contribution in [0.3, 0.4) is 0 Å². The summed E-state index contributed by atoms with van der Waals surface area (Å²) in [7, 11) is 0. The number of nitrogens with zero attached hydrogens (tertiary/aromatic N) is 3. The molecule has 1 aromatic carbocycles. The number of carbonyl (C=O) groups excluding carboxylic acids is 1. The van der Waals surface area contributed by atoms with E-state index < -0.39 is 0 Å². The molecule has 0 aliphatic rings. The van der Waals surface area contributed by atoms with Crippen molar-refractivity contribution in [1.29, 1.82) is 0 Å². The number of aromatic nitrogens is 3. The summed E-state index contributed by atoms with van der Waals surface area (Å²) in [5.74, 6) is 0.816. The van der Waals surface area contributed by atoms with Gasteiger partial charge in [0.25, 0.3) is 0 Å². The number of benzene rings is 1. The Morgan fingerprint density at radius 1 is 1.16 bits per heavy atom. The molecule has 3 aromatic rings. The lowest BCUT2D eigenvalue weighted by Crippen LogP contribution is -2.31. The summed E-state index contributed by atoms with van der Waals surface area (Å²) in [6, 6.07) is 13.8. The third-order valence-electron chi connectivity index (χ3n) is 4.21. The van der Waals surface area contributed by atoms with Gasteiger partial charge in [-0.15, -0.1) is 0 Å². The maximum Gasteiger partial charge on any atom is 0.227 e. The van der Waals surface area contributed by atoms with Gasteiger partial charge in [0.05, 0.1) is 5.92 Å². The van der Waals surface area contributed by atoms with Crippen LogP contribution in [0.1, 0.15) is 24.8 Å². The van der Waals surface area contributed by atoms with Crippen LogP contribution in [-0.4, -0.2) is 27.0 Å². The van der Waals surface area contributed by atoms with Crippen molar-refractivity contribution in [2.75, 3.05) is 6.54 Å². The van der Waals surface area contributed by atoms with Crippen LogP contribution in [0.2, 0.25) is 0 Å². The Morgan fingerprint density at radius 3 is 2.72 bits per heavy atom. The smallest absolute Gasteiger partial charge is 0.227 e. The molecule has 0 spiro atoms. The summed E-state index contributed by atoms with van der Waals surface area (Å²) in [5.41, 5.74) is 2.02. The molecule has 1 N–H and O–H groups in total. The molecule has 3 rings (SSSR count). The number of hydrogen-bond acceptors (Lipinski definition) is 3. The van der Waals surface area contributed by atoms with Crippen molar-refractivity contribution < 1.29 is 4.79 Å². The van der Waals surface area contributed by atoms with E-state index in [9.17, 15) is 4.79 Å². The van der Waals surface area contributed by atoms with Gasteiger partial charge in [0.1, 0.15) is 5.82 Å². The van der Waals surface area contributed by atoms with Gasteiger partial charge >= 0.3 is 0 Å². The molecule has 25 heavy (non-hydrogen) atoms. The van der Waals surface area contributed by atoms with Crippen molar-refractivity contribution in [2.24, 2.45) is 0 Å². The third-order valence-corrected chi connectivity index (χ3v) is 4.21. The topological polar surface area (TPSA) is 59.8 Å². The maximum absolute atomic E-state index is 12.5. The van der Waals surface area contributed by atoms with Crippen LogP contribution < -0.4 is 5.32 Å². The fourth-order valence-electron chi connectivity index (χ4n) is 2.93. The van der Waals surface area contributed by atoms with Crippen molar-refractivity contribution in [3.63, 3.8) is 0 Å². The molecule has 0 bridgehead atoms. The Labute approximate surface area is 147 Å². The molecule has 0 aliphatic carbocycles. The van der Waals surface area contributed by atoms with Crippen LogP contribution in [0, 0.1) is 0 Å². The van der Waals surface area contributed by atoms with E-state index in [0.717, 1.165) is 23.4 Å². The summed E-state index contributed by atoms with van der Waals surface area (Å²) in [4.78, 5) is 21.0. The molecule has 0 fully saturated rings. The molecular weight excluding hydrogens is 312 g/mol. The number of imidazole rings is 1. The van der Waals surface area contributed by atoms with E-state index >= 15 is 0 Å². The maximum atomic E-state index is 12.5. The summed E-state index contributed by atoms with van der Waals surface area (Å²) in [6.07, 6.45) is 8.00. The van der Waals surface area contributed by atoms with Crippen molar-refractivity contribution >= 4 is 5.91 Å². The molecule has 0 saturated heterocycles. The van der Waals surface area contributed by atoms with E-state index in [4.69, 9.17) is 0 Å². The summed E-state index contributed by atoms with van der Waals surface area (Å²) in [6.45, 7) is 3.26. The van der Waals surface area contributed by atoms with Crippen LogP contribution in [0.15, 0.2) is 67.3 Å². The Kier molecular flexibility index (Phi) is 5.57. The van der Waals surface area contributed by atoms with Gasteiger partial charge in [-0.3, -0.25) is 9.78 Å². The Balaban J connectivity index is 1.60. The average molecular weight is 334 g/mol. The van der Waals surface area contributed by atoms with Gasteiger partial charge in [0.15, 0.2) is 0 Å². The number of nitrogens with one attached hydrogen (secondary N) is 1. The first-order valence-corrected chi connectivity index (χ1v) is 8.53. The quantitative estimate of drug-likeness (QED) is 0.721. The second kappa shape index (κ2) is 8.24. The highest BCUT2D eigenvalue weighted by Crippen LogP contribution is 2.19. The molecule has 128 valence electrons. The summed E-state index contributed by atoms with van der Waals surface area (Å²) < 4.78 is 2.03. The van der Waals surface area contributed by atoms with E-state index in [1.807, 2.05) is 60.2 Å². The minimum atomic E-state index is -0.109. The van der Waals surface area contributed by atoms with Crippen molar-refractivity contribution in [2.45, 2.75) is 25.8 Å². The molecular formula is C20H22N4O. The van der Waals surface area contributed by atoms with Crippen molar-refractivity contribution in [1.82, 2.24) is 19.9 Å². The lowest BCUT2D eigenvalue weighted by Gasteiger charge is -2.16. The minimum absolute atomic E-state index is 0.0664. The first kappa shape index (κ1) is 16.9. The number of hydrogen-bond donors (Lipinski definition) is 1. The average Bonchev–Trinajstić information content (AvgIpc) is 3.12. The lowest BCUT2D eigenvalue weighted by molar-refractivity contribution is -0.122. The third kappa shape index (κ3) is 4.12. The van der Waals surface area contributed by atoms with Gasteiger partial charge < -0.3 is 9.88 Å². The van der Waals surface area contributed by atoms with E-state index in [1.54, 1.807) is 18.6 Å². The van der Waals surface area contributed by atoms with Crippen LogP contribution in [-0.2, 0) is 11.3 Å². The van der Waals surface area contributed by atoms with Crippen molar-refractivity contribution in [3.8, 4) is 11.4 Å². The number of pyridine rings is 1. The summed E-state index contributed by atoms with van der Waals surface area (Å²) in [5, 5.41) is 3.05. The number of amides is 1. The fraction of sp³-hybridized carbons (Fsp3) is 0.250. The highest BCUT2D eigenvalue weighted by molar-refractivity contribution is 5.83. The SMILES string of the molecule is CCC(C(=O)NCCn1ccnc1-c1cccnc1)c1ccccc1. The second-order valence-electron chi connectivity index (χ2n) is 5.85. The molecule has 2 heterocycles. The molecule has 0 aliphatic heterocycles. The van der Waals surface area contributed by atoms with E-state index in [-0.39, 0.29) is 11.8 Å². The van der Waals surface area contributed by atoms with E-state index in [0.29, 0.717) is 13.1 Å². The zero-order chi connectivity index (χ0) is 17.5. The standard InChI is InChI=1S/C20H22N4O/c1-2-18(16-7-4-3-5-8-16)20(25)23-12-14-24-13-11-22-19(24)17-9-6-10-21-15-17/h3-11,13,15,18H,2,12,14H2,1H3,(H,23,25). The van der Waals surface area contributed by atoms with Gasteiger partial charge in [0.2, 0.25) is 5.91 Å². The highest BCUT2D eigenvalue weighted by Gasteiger charge is 2.17. The first-order chi connectivity index (χ1) is 12.3. The van der Waals surface area contributed by atoms with Gasteiger partial charge in [-0.2, -0.15) is 0 Å². The largest absolute Gasteiger partial charge is 0.354 e. The van der Waals surface area contributed by atoms with Gasteiger partial charge in [0, 0.05) is 43.4 Å². The van der Waals surface area contributed by atoms with E-state index in [1.165, 1.54) is 0 Å². The van der Waals surface area contributed by atoms with Crippen LogP contribution in [0.4, 0.5) is 0 Å². The molecule has 5 heteroatoms. The predicted octanol–water partition coefficient (Wildman–Crippen LogP) is 3.26. The second-order valence-corrected chi connectivity index (χ2v) is 5.85. The Morgan fingerprint density at radius 2 is 2.00 bits per heavy atom. The van der Waals surface area contributed by atoms with Gasteiger partial charge in [-0.25, -0.2) is 4.98 Å². The molecule has 2 aromatic heterocycles. The van der Waals surface area contributed by atoms with Crippen molar-refractivity contribution in [3.05, 3.63) is 72.8 Å². The van der Waals surface area contributed by atoms with Gasteiger partial charge in [-0.05, 0) is 24.1 Å². The molecule has 1 amide bonds. The zero-order valence-electron chi connectivity index (χ0n) is 14.3. The molecule has 0 radical (unpaired) electrons. The lowest BCUT2D eigenvalue weighted by atomic mass is 9.96. The first-order valence-electron chi connectivity index (χ1n) is 8.53. The van der Waals surface area contributed by atoms with Crippen LogP contribution in [0.25, 0.3) is 11.4 Å². The van der Waals surface area contributed by atoms with Gasteiger partial charge in [-0.1, -0.05) is 37.3 Å². The predicted molar refractivity (Wildman–Crippen MR) is 97.9 cm³/mol. The van der Waals surface area contributed by atoms with E-state index in [2.05, 4.69) is 15.3 Å². The number of carbonyl (C=O) groups is 1. The minimum Gasteiger partial charge on any atom is -0.354 e. The molecule has 0 saturated carbocycles. The van der Waals surface area contributed by atoms with Crippen LogP contribution >= 0.6 is 0 Å². The normalized spacial score (nSPS) is 11.9. The Hall–Kier alpha value is -2.95. The molecule has 1 unspecified atom stereocenters. The number of rotatable bonds is 7. The monoisotopic (exact) mass is 334 g/mol.